The van der Waals surface area contributed by atoms with Crippen molar-refractivity contribution < 1.29 is 14.4 Å². The van der Waals surface area contributed by atoms with Gasteiger partial charge < -0.3 is 15.5 Å². The van der Waals surface area contributed by atoms with Crippen molar-refractivity contribution in [3.05, 3.63) is 59.8 Å². The monoisotopic (exact) mass is 434 g/mol. The molecule has 0 bridgehead atoms. The lowest BCUT2D eigenvalue weighted by molar-refractivity contribution is -0.135. The molecule has 3 heterocycles. The van der Waals surface area contributed by atoms with Crippen LogP contribution >= 0.6 is 0 Å². The Balaban J connectivity index is 1.40. The fraction of sp³-hybridized carbons (Fsp3) is 0.440. The van der Waals surface area contributed by atoms with E-state index < -0.39 is 0 Å². The van der Waals surface area contributed by atoms with Crippen LogP contribution in [0.3, 0.4) is 0 Å². The fourth-order valence-corrected chi connectivity index (χ4v) is 4.86. The van der Waals surface area contributed by atoms with Crippen molar-refractivity contribution in [1.82, 2.24) is 15.2 Å². The summed E-state index contributed by atoms with van der Waals surface area (Å²) in [5.41, 5.74) is 1.93. The number of hydrogen-bond acceptors (Lipinski definition) is 4. The Bertz CT molecular complexity index is 978. The molecule has 0 aliphatic carbocycles. The number of nitrogens with zero attached hydrogens (tertiary/aromatic N) is 2. The first-order chi connectivity index (χ1) is 15.5. The minimum absolute atomic E-state index is 0.00415. The summed E-state index contributed by atoms with van der Waals surface area (Å²) in [6.07, 6.45) is 3.87. The average Bonchev–Trinajstić information content (AvgIpc) is 3.02. The van der Waals surface area contributed by atoms with E-state index in [0.717, 1.165) is 30.5 Å². The van der Waals surface area contributed by atoms with Gasteiger partial charge >= 0.3 is 0 Å². The van der Waals surface area contributed by atoms with Gasteiger partial charge in [0.05, 0.1) is 18.1 Å². The Labute approximate surface area is 188 Å². The predicted octanol–water partition coefficient (Wildman–Crippen LogP) is 3.51. The highest BCUT2D eigenvalue weighted by Gasteiger charge is 2.45. The van der Waals surface area contributed by atoms with Crippen molar-refractivity contribution in [3.63, 3.8) is 0 Å². The molecule has 32 heavy (non-hydrogen) atoms. The molecule has 2 aliphatic rings. The number of carbonyl (C=O) groups is 3. The van der Waals surface area contributed by atoms with E-state index in [1.165, 1.54) is 0 Å². The van der Waals surface area contributed by atoms with Gasteiger partial charge in [0.15, 0.2) is 0 Å². The lowest BCUT2D eigenvalue weighted by Crippen LogP contribution is -2.45. The molecule has 1 aromatic heterocycles. The molecule has 2 N–H and O–H groups in total. The fourth-order valence-electron chi connectivity index (χ4n) is 4.86. The van der Waals surface area contributed by atoms with Crippen LogP contribution in [0.2, 0.25) is 0 Å². The number of likely N-dealkylation sites (tertiary alicyclic amines) is 1. The van der Waals surface area contributed by atoms with E-state index in [0.29, 0.717) is 25.1 Å². The molecule has 3 atom stereocenters. The van der Waals surface area contributed by atoms with Crippen LogP contribution in [0, 0.1) is 6.92 Å². The number of amides is 3. The molecule has 1 aromatic carbocycles. The quantitative estimate of drug-likeness (QED) is 0.728. The van der Waals surface area contributed by atoms with Crippen LogP contribution in [-0.4, -0.2) is 39.7 Å². The second-order valence-electron chi connectivity index (χ2n) is 8.66. The van der Waals surface area contributed by atoms with Gasteiger partial charge in [-0.2, -0.15) is 0 Å². The van der Waals surface area contributed by atoms with Gasteiger partial charge in [-0.25, -0.2) is 4.98 Å². The SMILES string of the molecule is Cc1cccc(NC(=O)CCCC(=O)N2[C@@H](c3ccccc3)C[C@@H]3NC(=O)CCC[C@H]32)n1. The summed E-state index contributed by atoms with van der Waals surface area (Å²) in [5.74, 6) is 0.502. The maximum Gasteiger partial charge on any atom is 0.225 e. The van der Waals surface area contributed by atoms with E-state index in [-0.39, 0.29) is 42.3 Å². The van der Waals surface area contributed by atoms with Gasteiger partial charge in [0, 0.05) is 25.0 Å². The molecule has 0 unspecified atom stereocenters. The van der Waals surface area contributed by atoms with Gasteiger partial charge in [-0.1, -0.05) is 36.4 Å². The van der Waals surface area contributed by atoms with Gasteiger partial charge in [0.1, 0.15) is 5.82 Å². The zero-order chi connectivity index (χ0) is 22.5. The summed E-state index contributed by atoms with van der Waals surface area (Å²) in [5, 5.41) is 5.92. The second-order valence-corrected chi connectivity index (χ2v) is 8.66. The number of rotatable bonds is 6. The van der Waals surface area contributed by atoms with Gasteiger partial charge in [-0.05, 0) is 50.3 Å². The second kappa shape index (κ2) is 9.94. The first kappa shape index (κ1) is 22.0. The zero-order valence-electron chi connectivity index (χ0n) is 18.4. The Morgan fingerprint density at radius 3 is 2.72 bits per heavy atom. The molecule has 3 amide bonds. The van der Waals surface area contributed by atoms with Gasteiger partial charge in [-0.15, -0.1) is 0 Å². The van der Waals surface area contributed by atoms with Crippen molar-refractivity contribution in [2.75, 3.05) is 5.32 Å². The van der Waals surface area contributed by atoms with E-state index in [9.17, 15) is 14.4 Å². The highest BCUT2D eigenvalue weighted by Crippen LogP contribution is 2.40. The molecule has 7 nitrogen and oxygen atoms in total. The minimum Gasteiger partial charge on any atom is -0.351 e. The summed E-state index contributed by atoms with van der Waals surface area (Å²) >= 11 is 0. The first-order valence-electron chi connectivity index (χ1n) is 11.4. The zero-order valence-corrected chi connectivity index (χ0v) is 18.4. The molecule has 2 fully saturated rings. The van der Waals surface area contributed by atoms with Crippen molar-refractivity contribution >= 4 is 23.5 Å². The summed E-state index contributed by atoms with van der Waals surface area (Å²) in [7, 11) is 0. The standard InChI is InChI=1S/C25H30N4O3/c1-17-8-5-12-22(26-17)28-24(31)14-7-15-25(32)29-20-11-6-13-23(30)27-19(20)16-21(29)18-9-3-2-4-10-18/h2-5,8-10,12,19-21H,6-7,11,13-16H2,1H3,(H,27,30)(H,26,28,31)/t19-,20+,21+/m0/s1. The molecule has 168 valence electrons. The van der Waals surface area contributed by atoms with Crippen molar-refractivity contribution in [2.45, 2.75) is 70.0 Å². The summed E-state index contributed by atoms with van der Waals surface area (Å²) in [6, 6.07) is 15.4. The van der Waals surface area contributed by atoms with Crippen LogP contribution < -0.4 is 10.6 Å². The predicted molar refractivity (Wildman–Crippen MR) is 122 cm³/mol. The average molecular weight is 435 g/mol. The van der Waals surface area contributed by atoms with Crippen molar-refractivity contribution in [2.24, 2.45) is 0 Å². The summed E-state index contributed by atoms with van der Waals surface area (Å²) < 4.78 is 0. The summed E-state index contributed by atoms with van der Waals surface area (Å²) in [4.78, 5) is 44.0. The third-order valence-electron chi connectivity index (χ3n) is 6.31. The van der Waals surface area contributed by atoms with Crippen molar-refractivity contribution in [1.29, 1.82) is 0 Å². The van der Waals surface area contributed by atoms with Crippen LogP contribution in [0.25, 0.3) is 0 Å². The smallest absolute Gasteiger partial charge is 0.225 e. The normalized spacial score (nSPS) is 22.6. The molecular weight excluding hydrogens is 404 g/mol. The Morgan fingerprint density at radius 2 is 1.94 bits per heavy atom. The Kier molecular flexibility index (Phi) is 6.83. The van der Waals surface area contributed by atoms with Crippen LogP contribution in [0.5, 0.6) is 0 Å². The van der Waals surface area contributed by atoms with E-state index in [2.05, 4.69) is 15.6 Å². The number of nitrogens with one attached hydrogen (secondary N) is 2. The molecule has 0 spiro atoms. The van der Waals surface area contributed by atoms with Gasteiger partial charge in [-0.3, -0.25) is 14.4 Å². The number of carbonyl (C=O) groups excluding carboxylic acids is 3. The van der Waals surface area contributed by atoms with Crippen LogP contribution in [0.4, 0.5) is 5.82 Å². The third kappa shape index (κ3) is 5.15. The number of fused-ring (bicyclic) bond motifs is 1. The maximum atomic E-state index is 13.3. The number of pyridine rings is 1. The number of hydrogen-bond donors (Lipinski definition) is 2. The number of aryl methyl sites for hydroxylation is 1. The molecule has 0 saturated carbocycles. The Hall–Kier alpha value is -3.22. The molecule has 7 heteroatoms. The molecule has 2 aliphatic heterocycles. The first-order valence-corrected chi connectivity index (χ1v) is 11.4. The molecule has 2 saturated heterocycles. The largest absolute Gasteiger partial charge is 0.351 e. The van der Waals surface area contributed by atoms with Crippen LogP contribution in [-0.2, 0) is 14.4 Å². The van der Waals surface area contributed by atoms with Crippen LogP contribution in [0.15, 0.2) is 48.5 Å². The molecule has 4 rings (SSSR count). The van der Waals surface area contributed by atoms with Crippen LogP contribution in [0.1, 0.15) is 62.2 Å². The minimum atomic E-state index is -0.142. The van der Waals surface area contributed by atoms with Gasteiger partial charge in [0.25, 0.3) is 0 Å². The lowest BCUT2D eigenvalue weighted by Gasteiger charge is -2.31. The lowest BCUT2D eigenvalue weighted by atomic mass is 10.0. The third-order valence-corrected chi connectivity index (χ3v) is 6.31. The topological polar surface area (TPSA) is 91.4 Å². The number of anilines is 1. The van der Waals surface area contributed by atoms with E-state index in [1.807, 2.05) is 54.3 Å². The van der Waals surface area contributed by atoms with E-state index >= 15 is 0 Å². The highest BCUT2D eigenvalue weighted by molar-refractivity contribution is 5.90. The number of aromatic nitrogens is 1. The number of benzene rings is 1. The summed E-state index contributed by atoms with van der Waals surface area (Å²) in [6.45, 7) is 1.87. The van der Waals surface area contributed by atoms with E-state index in [1.54, 1.807) is 6.07 Å². The van der Waals surface area contributed by atoms with Crippen molar-refractivity contribution in [3.8, 4) is 0 Å². The Morgan fingerprint density at radius 1 is 1.12 bits per heavy atom. The highest BCUT2D eigenvalue weighted by atomic mass is 16.2. The molecule has 2 aromatic rings. The molecule has 0 radical (unpaired) electrons. The van der Waals surface area contributed by atoms with Gasteiger partial charge in [0.2, 0.25) is 17.7 Å². The maximum absolute atomic E-state index is 13.3. The van der Waals surface area contributed by atoms with E-state index in [4.69, 9.17) is 0 Å². The molecular formula is C25H30N4O3.